The van der Waals surface area contributed by atoms with Crippen molar-refractivity contribution in [1.29, 1.82) is 0 Å². The van der Waals surface area contributed by atoms with E-state index in [-0.39, 0.29) is 21.4 Å². The summed E-state index contributed by atoms with van der Waals surface area (Å²) in [6.07, 6.45) is 22.8. The molecule has 65 heavy (non-hydrogen) atoms. The van der Waals surface area contributed by atoms with Crippen LogP contribution in [0.4, 0.5) is 0 Å². The zero-order valence-corrected chi connectivity index (χ0v) is 40.3. The van der Waals surface area contributed by atoms with Crippen LogP contribution in [0, 0.1) is 0 Å². The Morgan fingerprint density at radius 1 is 0.477 bits per heavy atom. The fourth-order valence-corrected chi connectivity index (χ4v) is 12.6. The van der Waals surface area contributed by atoms with Crippen molar-refractivity contribution in [2.45, 2.75) is 134 Å². The predicted octanol–water partition coefficient (Wildman–Crippen LogP) is 15.8. The van der Waals surface area contributed by atoms with Gasteiger partial charge in [-0.2, -0.15) is 0 Å². The van der Waals surface area contributed by atoms with E-state index in [1.165, 1.54) is 96.3 Å². The molecule has 2 atom stereocenters. The van der Waals surface area contributed by atoms with E-state index in [1.54, 1.807) is 24.3 Å². The van der Waals surface area contributed by atoms with Crippen LogP contribution in [-0.4, -0.2) is 34.6 Å². The number of hydrogen-bond acceptors (Lipinski definition) is 8. The lowest BCUT2D eigenvalue weighted by Crippen LogP contribution is -2.47. The Hall–Kier alpha value is -4.92. The molecule has 8 rings (SSSR count). The van der Waals surface area contributed by atoms with Gasteiger partial charge in [-0.25, -0.2) is 9.59 Å². The van der Waals surface area contributed by atoms with Crippen molar-refractivity contribution in [3.8, 4) is 23.0 Å². The fourth-order valence-electron chi connectivity index (χ4n) is 9.45. The van der Waals surface area contributed by atoms with Crippen LogP contribution in [0.15, 0.2) is 132 Å². The first kappa shape index (κ1) is 46.6. The molecule has 2 aliphatic carbocycles. The standard InChI is InChI=1S/C57H64O6S2/c1-5-7-9-11-13-15-36-60-44-28-24-42(25-29-44)54(58)62-46-32-20-40(21-33-46)52-38-50-48-18-17-19-49(48)51-39-53(65-57(51,4)56(50,3)64-52)41-22-34-47(35-23-41)63-55(59)43-26-30-45(31-27-43)61-37-16-14-12-10-8-6-2/h20-35,38-39H,5-19,36-37H2,1-4H3. The molecule has 2 heterocycles. The minimum atomic E-state index is -0.386. The average Bonchev–Trinajstić information content (AvgIpc) is 4.06. The number of thioether (sulfide) groups is 2. The Kier molecular flexibility index (Phi) is 15.5. The van der Waals surface area contributed by atoms with Gasteiger partial charge in [0.05, 0.1) is 33.8 Å². The number of esters is 2. The van der Waals surface area contributed by atoms with E-state index in [4.69, 9.17) is 18.9 Å². The zero-order chi connectivity index (χ0) is 45.2. The minimum absolute atomic E-state index is 0.191. The van der Waals surface area contributed by atoms with Crippen molar-refractivity contribution >= 4 is 45.3 Å². The number of rotatable bonds is 22. The Labute approximate surface area is 395 Å². The number of allylic oxidation sites excluding steroid dienone is 4. The largest absolute Gasteiger partial charge is 0.494 e. The molecule has 0 radical (unpaired) electrons. The summed E-state index contributed by atoms with van der Waals surface area (Å²) in [7, 11) is 0. The van der Waals surface area contributed by atoms with Crippen LogP contribution in [0.3, 0.4) is 0 Å². The fraction of sp³-hybridized carbons (Fsp3) is 0.404. The van der Waals surface area contributed by atoms with Crippen LogP contribution in [0.5, 0.6) is 23.0 Å². The topological polar surface area (TPSA) is 71.1 Å². The van der Waals surface area contributed by atoms with Crippen LogP contribution < -0.4 is 18.9 Å². The van der Waals surface area contributed by atoms with Gasteiger partial charge in [0.1, 0.15) is 23.0 Å². The smallest absolute Gasteiger partial charge is 0.343 e. The van der Waals surface area contributed by atoms with Gasteiger partial charge in [0.25, 0.3) is 0 Å². The Morgan fingerprint density at radius 2 is 0.831 bits per heavy atom. The summed E-state index contributed by atoms with van der Waals surface area (Å²) in [5, 5.41) is 0. The molecule has 1 fully saturated rings. The van der Waals surface area contributed by atoms with E-state index in [1.807, 2.05) is 72.1 Å². The number of hydrogen-bond donors (Lipinski definition) is 0. The Morgan fingerprint density at radius 3 is 1.22 bits per heavy atom. The van der Waals surface area contributed by atoms with Gasteiger partial charge in [-0.1, -0.05) is 102 Å². The molecule has 0 bridgehead atoms. The Balaban J connectivity index is 0.864. The molecule has 6 nitrogen and oxygen atoms in total. The zero-order valence-electron chi connectivity index (χ0n) is 38.7. The van der Waals surface area contributed by atoms with Gasteiger partial charge in [-0.3, -0.25) is 0 Å². The molecular weight excluding hydrogens is 845 g/mol. The van der Waals surface area contributed by atoms with Gasteiger partial charge in [0.2, 0.25) is 0 Å². The maximum atomic E-state index is 13.1. The summed E-state index contributed by atoms with van der Waals surface area (Å²) in [5.41, 5.74) is 9.10. The van der Waals surface area contributed by atoms with E-state index in [9.17, 15) is 9.59 Å². The van der Waals surface area contributed by atoms with Crippen molar-refractivity contribution in [2.24, 2.45) is 0 Å². The normalized spacial score (nSPS) is 19.6. The molecule has 0 amide bonds. The van der Waals surface area contributed by atoms with E-state index >= 15 is 0 Å². The van der Waals surface area contributed by atoms with Gasteiger partial charge in [-0.15, -0.1) is 23.5 Å². The van der Waals surface area contributed by atoms with E-state index in [0.717, 1.165) is 54.7 Å². The number of ether oxygens (including phenoxy) is 4. The highest BCUT2D eigenvalue weighted by Crippen LogP contribution is 2.70. The molecule has 4 aromatic carbocycles. The highest BCUT2D eigenvalue weighted by atomic mass is 32.2. The molecule has 2 unspecified atom stereocenters. The van der Waals surface area contributed by atoms with Crippen LogP contribution in [0.25, 0.3) is 9.81 Å². The average molecular weight is 909 g/mol. The first-order valence-electron chi connectivity index (χ1n) is 24.1. The van der Waals surface area contributed by atoms with Crippen molar-refractivity contribution in [2.75, 3.05) is 13.2 Å². The summed E-state index contributed by atoms with van der Waals surface area (Å²) >= 11 is 3.89. The van der Waals surface area contributed by atoms with Crippen molar-refractivity contribution in [1.82, 2.24) is 0 Å². The molecule has 4 aliphatic rings. The summed E-state index contributed by atoms with van der Waals surface area (Å²) in [6.45, 7) is 10.7. The molecule has 8 heteroatoms. The van der Waals surface area contributed by atoms with Gasteiger partial charge in [0, 0.05) is 9.81 Å². The molecule has 1 saturated carbocycles. The number of carbonyl (C=O) groups is 2. The second-order valence-electron chi connectivity index (χ2n) is 18.0. The maximum absolute atomic E-state index is 13.1. The summed E-state index contributed by atoms with van der Waals surface area (Å²) < 4.78 is 23.1. The summed E-state index contributed by atoms with van der Waals surface area (Å²) in [6, 6.07) is 30.3. The van der Waals surface area contributed by atoms with E-state index in [0.29, 0.717) is 35.8 Å². The molecule has 340 valence electrons. The molecule has 0 spiro atoms. The summed E-state index contributed by atoms with van der Waals surface area (Å²) in [4.78, 5) is 28.7. The molecule has 0 N–H and O–H groups in total. The molecule has 2 aliphatic heterocycles. The van der Waals surface area contributed by atoms with Crippen LogP contribution in [0.2, 0.25) is 0 Å². The van der Waals surface area contributed by atoms with Crippen LogP contribution in [0.1, 0.15) is 156 Å². The van der Waals surface area contributed by atoms with Gasteiger partial charge in [0.15, 0.2) is 0 Å². The predicted molar refractivity (Wildman–Crippen MR) is 269 cm³/mol. The minimum Gasteiger partial charge on any atom is -0.494 e. The van der Waals surface area contributed by atoms with Crippen LogP contribution in [-0.2, 0) is 0 Å². The molecule has 0 aromatic heterocycles. The second kappa shape index (κ2) is 21.6. The highest BCUT2D eigenvalue weighted by Gasteiger charge is 2.59. The first-order chi connectivity index (χ1) is 31.7. The van der Waals surface area contributed by atoms with E-state index < -0.39 is 0 Å². The lowest BCUT2D eigenvalue weighted by atomic mass is 9.72. The third kappa shape index (κ3) is 10.7. The SMILES string of the molecule is CCCCCCCCOc1ccc(C(=O)Oc2ccc(C3=CC4=C5CCCC5=C5C=C(c6ccc(OC(=O)c7ccc(OCCCCCCCC)cc7)cc6)SC5(C)C4(C)S3)cc2)cc1. The van der Waals surface area contributed by atoms with Crippen LogP contribution >= 0.6 is 23.5 Å². The van der Waals surface area contributed by atoms with E-state index in [2.05, 4.69) is 64.1 Å². The van der Waals surface area contributed by atoms with Crippen molar-refractivity contribution in [3.05, 3.63) is 154 Å². The summed E-state index contributed by atoms with van der Waals surface area (Å²) in [5.74, 6) is 1.81. The monoisotopic (exact) mass is 908 g/mol. The van der Waals surface area contributed by atoms with Gasteiger partial charge >= 0.3 is 11.9 Å². The lowest BCUT2D eigenvalue weighted by molar-refractivity contribution is 0.0725. The second-order valence-corrected chi connectivity index (χ2v) is 21.0. The number of fused-ring (bicyclic) bond motifs is 4. The first-order valence-corrected chi connectivity index (χ1v) is 25.7. The third-order valence-electron chi connectivity index (χ3n) is 13.4. The maximum Gasteiger partial charge on any atom is 0.343 e. The van der Waals surface area contributed by atoms with Crippen molar-refractivity contribution in [3.63, 3.8) is 0 Å². The molecule has 0 saturated heterocycles. The Bertz CT molecular complexity index is 2260. The number of benzene rings is 4. The quantitative estimate of drug-likeness (QED) is 0.0439. The molecule has 4 aromatic rings. The van der Waals surface area contributed by atoms with Crippen molar-refractivity contribution < 1.29 is 28.5 Å². The highest BCUT2D eigenvalue weighted by molar-refractivity contribution is 8.14. The van der Waals surface area contributed by atoms with Gasteiger partial charge < -0.3 is 18.9 Å². The lowest BCUT2D eigenvalue weighted by Gasteiger charge is -2.47. The number of unbranched alkanes of at least 4 members (excludes halogenated alkanes) is 10. The molecular formula is C57H64O6S2. The third-order valence-corrected chi connectivity index (χ3v) is 16.7. The number of carbonyl (C=O) groups excluding carboxylic acids is 2. The van der Waals surface area contributed by atoms with Gasteiger partial charge in [-0.05, 0) is 164 Å².